The van der Waals surface area contributed by atoms with Gasteiger partial charge in [-0.15, -0.1) is 0 Å². The third-order valence-corrected chi connectivity index (χ3v) is 5.72. The molecule has 0 spiro atoms. The number of aromatic nitrogens is 2. The summed E-state index contributed by atoms with van der Waals surface area (Å²) in [5, 5.41) is 11.6. The first-order chi connectivity index (χ1) is 10.5. The van der Waals surface area contributed by atoms with E-state index in [1.54, 1.807) is 0 Å². The van der Waals surface area contributed by atoms with Gasteiger partial charge in [0, 0.05) is 26.2 Å². The van der Waals surface area contributed by atoms with Gasteiger partial charge in [-0.25, -0.2) is 13.2 Å². The van der Waals surface area contributed by atoms with Gasteiger partial charge < -0.3 is 10.0 Å². The van der Waals surface area contributed by atoms with Crippen LogP contribution in [0.4, 0.5) is 18.0 Å². The number of aryl methyl sites for hydroxylation is 1. The highest BCUT2D eigenvalue weighted by Crippen LogP contribution is 2.30. The number of alkyl halides is 3. The molecule has 2 heterocycles. The van der Waals surface area contributed by atoms with Gasteiger partial charge in [-0.3, -0.25) is 4.68 Å². The third kappa shape index (κ3) is 3.95. The molecule has 0 aliphatic carbocycles. The zero-order valence-electron chi connectivity index (χ0n) is 12.2. The Kier molecular flexibility index (Phi) is 4.60. The number of carbonyl (C=O) groups is 1. The van der Waals surface area contributed by atoms with Gasteiger partial charge in [0.15, 0.2) is 20.6 Å². The van der Waals surface area contributed by atoms with Crippen molar-refractivity contribution < 1.29 is 31.5 Å². The highest BCUT2D eigenvalue weighted by Gasteiger charge is 2.37. The topological polar surface area (TPSA) is 92.5 Å². The number of hydrogen-bond acceptors (Lipinski definition) is 4. The number of likely N-dealkylation sites (tertiary alicyclic amines) is 1. The average molecular weight is 355 g/mol. The SMILES string of the molecule is Cn1nc(C(F)(F)F)cc1S(=O)(=O)CC1CCN(C(=O)O)CC1. The van der Waals surface area contributed by atoms with Crippen LogP contribution in [0.5, 0.6) is 0 Å². The van der Waals surface area contributed by atoms with Crippen LogP contribution >= 0.6 is 0 Å². The van der Waals surface area contributed by atoms with E-state index in [0.29, 0.717) is 23.6 Å². The van der Waals surface area contributed by atoms with E-state index in [0.717, 1.165) is 7.05 Å². The quantitative estimate of drug-likeness (QED) is 0.889. The first-order valence-corrected chi connectivity index (χ1v) is 8.48. The summed E-state index contributed by atoms with van der Waals surface area (Å²) >= 11 is 0. The van der Waals surface area contributed by atoms with E-state index in [1.807, 2.05) is 0 Å². The number of sulfone groups is 1. The van der Waals surface area contributed by atoms with Crippen LogP contribution in [0.15, 0.2) is 11.1 Å². The number of carboxylic acid groups (broad SMARTS) is 1. The van der Waals surface area contributed by atoms with E-state index >= 15 is 0 Å². The highest BCUT2D eigenvalue weighted by atomic mass is 32.2. The average Bonchev–Trinajstić information content (AvgIpc) is 2.82. The second kappa shape index (κ2) is 6.02. The Bertz CT molecular complexity index is 691. The summed E-state index contributed by atoms with van der Waals surface area (Å²) in [4.78, 5) is 12.0. The Morgan fingerprint density at radius 3 is 2.39 bits per heavy atom. The molecule has 0 atom stereocenters. The number of halogens is 3. The molecule has 1 fully saturated rings. The van der Waals surface area contributed by atoms with Crippen LogP contribution in [0.3, 0.4) is 0 Å². The third-order valence-electron chi connectivity index (χ3n) is 3.79. The minimum absolute atomic E-state index is 0.217. The molecule has 1 aliphatic rings. The molecule has 2 rings (SSSR count). The van der Waals surface area contributed by atoms with Gasteiger partial charge in [-0.2, -0.15) is 18.3 Å². The second-order valence-electron chi connectivity index (χ2n) is 5.48. The van der Waals surface area contributed by atoms with Gasteiger partial charge in [-0.05, 0) is 18.8 Å². The standard InChI is InChI=1S/C12H16F3N3O4S/c1-17-10(6-9(16-17)12(13,14)15)23(21,22)7-8-2-4-18(5-3-8)11(19)20/h6,8H,2-5,7H2,1H3,(H,19,20). The van der Waals surface area contributed by atoms with Crippen LogP contribution in [-0.4, -0.2) is 53.1 Å². The normalized spacial score (nSPS) is 17.5. The van der Waals surface area contributed by atoms with Crippen LogP contribution in [0, 0.1) is 5.92 Å². The Labute approximate surface area is 130 Å². The Hall–Kier alpha value is -1.78. The highest BCUT2D eigenvalue weighted by molar-refractivity contribution is 7.91. The number of hydrogen-bond donors (Lipinski definition) is 1. The Morgan fingerprint density at radius 2 is 1.96 bits per heavy atom. The molecule has 0 saturated carbocycles. The fraction of sp³-hybridized carbons (Fsp3) is 0.667. The molecule has 0 bridgehead atoms. The van der Waals surface area contributed by atoms with Crippen molar-refractivity contribution in [3.05, 3.63) is 11.8 Å². The molecule has 7 nitrogen and oxygen atoms in total. The first-order valence-electron chi connectivity index (χ1n) is 6.82. The van der Waals surface area contributed by atoms with Gasteiger partial charge in [-0.1, -0.05) is 0 Å². The summed E-state index contributed by atoms with van der Waals surface area (Å²) in [7, 11) is -2.79. The van der Waals surface area contributed by atoms with E-state index in [-0.39, 0.29) is 24.8 Å². The molecule has 1 aromatic heterocycles. The van der Waals surface area contributed by atoms with Crippen molar-refractivity contribution in [2.45, 2.75) is 24.0 Å². The van der Waals surface area contributed by atoms with E-state index in [1.165, 1.54) is 4.90 Å². The fourth-order valence-electron chi connectivity index (χ4n) is 2.57. The molecule has 130 valence electrons. The summed E-state index contributed by atoms with van der Waals surface area (Å²) in [6.45, 7) is 0.434. The minimum Gasteiger partial charge on any atom is -0.465 e. The molecular formula is C12H16F3N3O4S. The molecule has 1 amide bonds. The monoisotopic (exact) mass is 355 g/mol. The first kappa shape index (κ1) is 17.6. The van der Waals surface area contributed by atoms with Crippen molar-refractivity contribution in [1.29, 1.82) is 0 Å². The molecule has 1 N–H and O–H groups in total. The molecule has 0 aromatic carbocycles. The number of nitrogens with zero attached hydrogens (tertiary/aromatic N) is 3. The summed E-state index contributed by atoms with van der Waals surface area (Å²) in [5.41, 5.74) is -1.25. The van der Waals surface area contributed by atoms with Gasteiger partial charge in [0.05, 0.1) is 5.75 Å². The number of rotatable bonds is 3. The number of piperidine rings is 1. The van der Waals surface area contributed by atoms with E-state index < -0.39 is 32.8 Å². The molecule has 23 heavy (non-hydrogen) atoms. The lowest BCUT2D eigenvalue weighted by molar-refractivity contribution is -0.141. The van der Waals surface area contributed by atoms with Crippen LogP contribution in [0.2, 0.25) is 0 Å². The van der Waals surface area contributed by atoms with Crippen molar-refractivity contribution >= 4 is 15.9 Å². The van der Waals surface area contributed by atoms with Crippen molar-refractivity contribution in [3.63, 3.8) is 0 Å². The predicted octanol–water partition coefficient (Wildman–Crippen LogP) is 1.60. The summed E-state index contributed by atoms with van der Waals surface area (Å²) in [6.07, 6.45) is -5.06. The lowest BCUT2D eigenvalue weighted by Gasteiger charge is -2.29. The van der Waals surface area contributed by atoms with Crippen LogP contribution < -0.4 is 0 Å². The van der Waals surface area contributed by atoms with Crippen molar-refractivity contribution in [2.75, 3.05) is 18.8 Å². The Morgan fingerprint density at radius 1 is 1.39 bits per heavy atom. The zero-order valence-corrected chi connectivity index (χ0v) is 13.1. The molecule has 0 unspecified atom stereocenters. The molecule has 0 radical (unpaired) electrons. The van der Waals surface area contributed by atoms with Crippen LogP contribution in [0.1, 0.15) is 18.5 Å². The molecule has 1 aromatic rings. The summed E-state index contributed by atoms with van der Waals surface area (Å²) < 4.78 is 63.2. The molecule has 11 heteroatoms. The molecule has 1 aliphatic heterocycles. The van der Waals surface area contributed by atoms with Gasteiger partial charge in [0.2, 0.25) is 0 Å². The maximum absolute atomic E-state index is 12.6. The molecule has 1 saturated heterocycles. The van der Waals surface area contributed by atoms with Gasteiger partial charge in [0.25, 0.3) is 0 Å². The Balaban J connectivity index is 2.11. The lowest BCUT2D eigenvalue weighted by Crippen LogP contribution is -2.39. The lowest BCUT2D eigenvalue weighted by atomic mass is 9.99. The van der Waals surface area contributed by atoms with Crippen molar-refractivity contribution in [2.24, 2.45) is 13.0 Å². The number of amides is 1. The minimum atomic E-state index is -4.71. The predicted molar refractivity (Wildman–Crippen MR) is 72.6 cm³/mol. The van der Waals surface area contributed by atoms with Gasteiger partial charge >= 0.3 is 12.3 Å². The summed E-state index contributed by atoms with van der Waals surface area (Å²) in [5.74, 6) is -0.614. The van der Waals surface area contributed by atoms with Crippen molar-refractivity contribution in [3.8, 4) is 0 Å². The smallest absolute Gasteiger partial charge is 0.435 e. The van der Waals surface area contributed by atoms with E-state index in [9.17, 15) is 26.4 Å². The summed E-state index contributed by atoms with van der Waals surface area (Å²) in [6, 6.07) is 0.529. The van der Waals surface area contributed by atoms with E-state index in [4.69, 9.17) is 5.11 Å². The van der Waals surface area contributed by atoms with Crippen LogP contribution in [0.25, 0.3) is 0 Å². The van der Waals surface area contributed by atoms with Crippen molar-refractivity contribution in [1.82, 2.24) is 14.7 Å². The molecular weight excluding hydrogens is 339 g/mol. The van der Waals surface area contributed by atoms with Gasteiger partial charge in [0.1, 0.15) is 0 Å². The second-order valence-corrected chi connectivity index (χ2v) is 7.46. The van der Waals surface area contributed by atoms with E-state index in [2.05, 4.69) is 5.10 Å². The maximum Gasteiger partial charge on any atom is 0.435 e. The zero-order chi connectivity index (χ0) is 17.4. The van der Waals surface area contributed by atoms with Crippen LogP contribution in [-0.2, 0) is 23.1 Å². The fourth-order valence-corrected chi connectivity index (χ4v) is 4.43. The maximum atomic E-state index is 12.6. The largest absolute Gasteiger partial charge is 0.465 e.